The molecule has 0 saturated carbocycles. The van der Waals surface area contributed by atoms with E-state index in [4.69, 9.17) is 4.74 Å². The number of carbonyl (C=O) groups excluding carboxylic acids is 1. The van der Waals surface area contributed by atoms with Crippen LogP contribution in [0.1, 0.15) is 18.1 Å². The number of methoxy groups -OCH3 is 1. The first kappa shape index (κ1) is 16.4. The predicted octanol–water partition coefficient (Wildman–Crippen LogP) is 4.43. The molecule has 22 heavy (non-hydrogen) atoms. The minimum absolute atomic E-state index is 0.00141. The molecule has 2 aromatic carbocycles. The minimum atomic E-state index is -0.188. The van der Waals surface area contributed by atoms with Crippen LogP contribution in [0.5, 0.6) is 5.75 Å². The molecule has 0 fully saturated rings. The summed E-state index contributed by atoms with van der Waals surface area (Å²) in [4.78, 5) is 13.4. The minimum Gasteiger partial charge on any atom is -0.497 e. The number of rotatable bonds is 5. The van der Waals surface area contributed by atoms with Crippen molar-refractivity contribution in [1.29, 1.82) is 0 Å². The first-order valence-corrected chi connectivity index (χ1v) is 8.06. The molecule has 0 aliphatic rings. The Hall–Kier alpha value is -1.94. The third-order valence-corrected chi connectivity index (χ3v) is 4.47. The molecule has 2 rings (SSSR count). The maximum atomic E-state index is 12.4. The Bertz CT molecular complexity index is 670. The summed E-state index contributed by atoms with van der Waals surface area (Å²) in [6.45, 7) is 5.92. The van der Waals surface area contributed by atoms with Crippen LogP contribution in [0.2, 0.25) is 0 Å². The van der Waals surface area contributed by atoms with Crippen molar-refractivity contribution < 1.29 is 9.53 Å². The summed E-state index contributed by atoms with van der Waals surface area (Å²) in [5, 5.41) is 2.82. The maximum absolute atomic E-state index is 12.4. The number of thioether (sulfide) groups is 1. The highest BCUT2D eigenvalue weighted by Gasteiger charge is 2.15. The van der Waals surface area contributed by atoms with Gasteiger partial charge in [-0.1, -0.05) is 18.2 Å². The van der Waals surface area contributed by atoms with Crippen molar-refractivity contribution in [3.05, 3.63) is 53.6 Å². The molecule has 0 saturated heterocycles. The van der Waals surface area contributed by atoms with Crippen molar-refractivity contribution in [3.63, 3.8) is 0 Å². The Labute approximate surface area is 136 Å². The van der Waals surface area contributed by atoms with E-state index < -0.39 is 0 Å². The van der Waals surface area contributed by atoms with E-state index in [9.17, 15) is 4.79 Å². The fourth-order valence-electron chi connectivity index (χ4n) is 2.04. The average molecular weight is 315 g/mol. The molecule has 0 aliphatic carbocycles. The number of benzene rings is 2. The largest absolute Gasteiger partial charge is 0.497 e. The lowest BCUT2D eigenvalue weighted by Crippen LogP contribution is -2.22. The molecule has 1 unspecified atom stereocenters. The van der Waals surface area contributed by atoms with Crippen LogP contribution in [0.25, 0.3) is 0 Å². The number of anilines is 1. The molecule has 0 aliphatic heterocycles. The Morgan fingerprint density at radius 2 is 1.95 bits per heavy atom. The lowest BCUT2D eigenvalue weighted by atomic mass is 10.1. The second-order valence-electron chi connectivity index (χ2n) is 5.25. The van der Waals surface area contributed by atoms with E-state index in [2.05, 4.69) is 5.32 Å². The number of hydrogen-bond donors (Lipinski definition) is 1. The van der Waals surface area contributed by atoms with Gasteiger partial charge in [0.15, 0.2) is 0 Å². The van der Waals surface area contributed by atoms with E-state index in [0.29, 0.717) is 0 Å². The molecule has 3 nitrogen and oxygen atoms in total. The van der Waals surface area contributed by atoms with Gasteiger partial charge in [0.25, 0.3) is 0 Å². The molecule has 1 N–H and O–H groups in total. The molecule has 0 aromatic heterocycles. The van der Waals surface area contributed by atoms with Crippen LogP contribution in [0.4, 0.5) is 5.69 Å². The maximum Gasteiger partial charge on any atom is 0.237 e. The van der Waals surface area contributed by atoms with Crippen molar-refractivity contribution in [2.24, 2.45) is 0 Å². The lowest BCUT2D eigenvalue weighted by molar-refractivity contribution is -0.115. The van der Waals surface area contributed by atoms with Gasteiger partial charge >= 0.3 is 0 Å². The molecule has 2 aromatic rings. The summed E-state index contributed by atoms with van der Waals surface area (Å²) in [6, 6.07) is 13.8. The van der Waals surface area contributed by atoms with Gasteiger partial charge in [-0.05, 0) is 56.2 Å². The van der Waals surface area contributed by atoms with E-state index in [1.807, 2.05) is 63.2 Å². The van der Waals surface area contributed by atoms with Crippen molar-refractivity contribution in [2.45, 2.75) is 30.9 Å². The molecular weight excluding hydrogens is 294 g/mol. The van der Waals surface area contributed by atoms with Gasteiger partial charge in [0, 0.05) is 10.6 Å². The van der Waals surface area contributed by atoms with Gasteiger partial charge in [0.1, 0.15) is 5.75 Å². The number of aryl methyl sites for hydroxylation is 2. The molecule has 1 amide bonds. The highest BCUT2D eigenvalue weighted by molar-refractivity contribution is 8.00. The van der Waals surface area contributed by atoms with Crippen LogP contribution in [0.15, 0.2) is 47.4 Å². The highest BCUT2D eigenvalue weighted by atomic mass is 32.2. The highest BCUT2D eigenvalue weighted by Crippen LogP contribution is 2.27. The first-order valence-electron chi connectivity index (χ1n) is 7.18. The second-order valence-corrected chi connectivity index (χ2v) is 6.66. The van der Waals surface area contributed by atoms with Gasteiger partial charge in [-0.3, -0.25) is 4.79 Å². The van der Waals surface area contributed by atoms with E-state index in [1.165, 1.54) is 11.8 Å². The summed E-state index contributed by atoms with van der Waals surface area (Å²) in [5.74, 6) is 0.800. The number of carbonyl (C=O) groups is 1. The van der Waals surface area contributed by atoms with Gasteiger partial charge in [0.05, 0.1) is 12.4 Å². The summed E-state index contributed by atoms with van der Waals surface area (Å²) in [7, 11) is 1.64. The zero-order valence-electron chi connectivity index (χ0n) is 13.3. The average Bonchev–Trinajstić information content (AvgIpc) is 2.51. The van der Waals surface area contributed by atoms with Gasteiger partial charge in [-0.15, -0.1) is 11.8 Å². The van der Waals surface area contributed by atoms with Crippen LogP contribution in [-0.4, -0.2) is 18.3 Å². The van der Waals surface area contributed by atoms with E-state index >= 15 is 0 Å². The summed E-state index contributed by atoms with van der Waals surface area (Å²) in [5.41, 5.74) is 3.08. The fourth-order valence-corrected chi connectivity index (χ4v) is 2.95. The number of nitrogens with one attached hydrogen (secondary N) is 1. The summed E-state index contributed by atoms with van der Waals surface area (Å²) < 4.78 is 5.21. The van der Waals surface area contributed by atoms with Crippen molar-refractivity contribution in [2.75, 3.05) is 12.4 Å². The van der Waals surface area contributed by atoms with Gasteiger partial charge in [-0.2, -0.15) is 0 Å². The van der Waals surface area contributed by atoms with Gasteiger partial charge in [0.2, 0.25) is 5.91 Å². The molecule has 4 heteroatoms. The van der Waals surface area contributed by atoms with E-state index in [0.717, 1.165) is 27.5 Å². The fraction of sp³-hybridized carbons (Fsp3) is 0.278. The van der Waals surface area contributed by atoms with Crippen LogP contribution < -0.4 is 10.1 Å². The molecule has 0 bridgehead atoms. The van der Waals surface area contributed by atoms with E-state index in [-0.39, 0.29) is 11.2 Å². The molecule has 0 spiro atoms. The van der Waals surface area contributed by atoms with Crippen molar-refractivity contribution in [3.8, 4) is 5.75 Å². The normalized spacial score (nSPS) is 11.8. The smallest absolute Gasteiger partial charge is 0.237 e. The lowest BCUT2D eigenvalue weighted by Gasteiger charge is -2.14. The predicted molar refractivity (Wildman–Crippen MR) is 92.9 cm³/mol. The SMILES string of the molecule is COc1cccc(SC(C)C(=O)Nc2cc(C)ccc2C)c1. The van der Waals surface area contributed by atoms with Crippen LogP contribution in [0, 0.1) is 13.8 Å². The summed E-state index contributed by atoms with van der Waals surface area (Å²) in [6.07, 6.45) is 0. The molecule has 116 valence electrons. The molecule has 1 atom stereocenters. The molecular formula is C18H21NO2S. The van der Waals surface area contributed by atoms with Gasteiger partial charge in [-0.25, -0.2) is 0 Å². The van der Waals surface area contributed by atoms with Gasteiger partial charge < -0.3 is 10.1 Å². The van der Waals surface area contributed by atoms with Crippen LogP contribution in [0.3, 0.4) is 0 Å². The Morgan fingerprint density at radius 3 is 2.68 bits per heavy atom. The standard InChI is InChI=1S/C18H21NO2S/c1-12-8-9-13(2)17(10-12)19-18(20)14(3)22-16-7-5-6-15(11-16)21-4/h5-11,14H,1-4H3,(H,19,20). The topological polar surface area (TPSA) is 38.3 Å². The van der Waals surface area contributed by atoms with Crippen LogP contribution >= 0.6 is 11.8 Å². The Morgan fingerprint density at radius 1 is 1.18 bits per heavy atom. The molecule has 0 heterocycles. The first-order chi connectivity index (χ1) is 10.5. The number of ether oxygens (including phenoxy) is 1. The second kappa shape index (κ2) is 7.36. The zero-order valence-corrected chi connectivity index (χ0v) is 14.2. The third-order valence-electron chi connectivity index (χ3n) is 3.37. The number of hydrogen-bond acceptors (Lipinski definition) is 3. The molecule has 0 radical (unpaired) electrons. The number of amides is 1. The van der Waals surface area contributed by atoms with Crippen molar-refractivity contribution >= 4 is 23.4 Å². The van der Waals surface area contributed by atoms with E-state index in [1.54, 1.807) is 7.11 Å². The summed E-state index contributed by atoms with van der Waals surface area (Å²) >= 11 is 1.52. The zero-order chi connectivity index (χ0) is 16.1. The Kier molecular flexibility index (Phi) is 5.50. The monoisotopic (exact) mass is 315 g/mol. The quantitative estimate of drug-likeness (QED) is 0.829. The van der Waals surface area contributed by atoms with Crippen LogP contribution in [-0.2, 0) is 4.79 Å². The third kappa shape index (κ3) is 4.28. The Balaban J connectivity index is 2.04. The van der Waals surface area contributed by atoms with Crippen molar-refractivity contribution in [1.82, 2.24) is 0 Å².